The molecule has 76 valence electrons. The third-order valence-electron chi connectivity index (χ3n) is 3.27. The van der Waals surface area contributed by atoms with Crippen LogP contribution in [0.3, 0.4) is 0 Å². The lowest BCUT2D eigenvalue weighted by molar-refractivity contribution is 0.175. The predicted molar refractivity (Wildman–Crippen MR) is 50.6 cm³/mol. The molecule has 0 spiro atoms. The van der Waals surface area contributed by atoms with Crippen molar-refractivity contribution in [2.45, 2.75) is 37.8 Å². The molecule has 3 atom stereocenters. The zero-order chi connectivity index (χ0) is 9.10. The molecular weight excluding hydrogens is 166 g/mol. The van der Waals surface area contributed by atoms with Gasteiger partial charge in [-0.05, 0) is 25.2 Å². The van der Waals surface area contributed by atoms with E-state index in [9.17, 15) is 0 Å². The largest absolute Gasteiger partial charge is 0.396 e. The van der Waals surface area contributed by atoms with Crippen LogP contribution in [-0.2, 0) is 4.74 Å². The Kier molecular flexibility index (Phi) is 3.19. The molecule has 0 aromatic rings. The first-order valence-electron chi connectivity index (χ1n) is 5.35. The van der Waals surface area contributed by atoms with E-state index in [1.165, 1.54) is 19.3 Å². The van der Waals surface area contributed by atoms with Crippen molar-refractivity contribution in [3.05, 3.63) is 0 Å². The summed E-state index contributed by atoms with van der Waals surface area (Å²) < 4.78 is 5.31. The lowest BCUT2D eigenvalue weighted by Crippen LogP contribution is -2.41. The molecule has 1 saturated heterocycles. The van der Waals surface area contributed by atoms with Crippen molar-refractivity contribution in [3.8, 4) is 0 Å². The van der Waals surface area contributed by atoms with Crippen LogP contribution >= 0.6 is 0 Å². The van der Waals surface area contributed by atoms with Gasteiger partial charge in [-0.15, -0.1) is 0 Å². The molecule has 1 heterocycles. The zero-order valence-electron chi connectivity index (χ0n) is 8.04. The van der Waals surface area contributed by atoms with E-state index in [4.69, 9.17) is 9.84 Å². The van der Waals surface area contributed by atoms with Crippen molar-refractivity contribution in [3.63, 3.8) is 0 Å². The Morgan fingerprint density at radius 3 is 2.92 bits per heavy atom. The highest BCUT2D eigenvalue weighted by Crippen LogP contribution is 2.26. The summed E-state index contributed by atoms with van der Waals surface area (Å²) in [5.41, 5.74) is 0. The molecule has 1 saturated carbocycles. The normalized spacial score (nSPS) is 39.9. The molecule has 0 aromatic carbocycles. The highest BCUT2D eigenvalue weighted by Gasteiger charge is 2.29. The number of aliphatic hydroxyl groups is 1. The minimum Gasteiger partial charge on any atom is -0.396 e. The molecule has 3 unspecified atom stereocenters. The van der Waals surface area contributed by atoms with E-state index in [1.807, 2.05) is 0 Å². The summed E-state index contributed by atoms with van der Waals surface area (Å²) in [5, 5.41) is 12.7. The Morgan fingerprint density at radius 1 is 1.31 bits per heavy atom. The highest BCUT2D eigenvalue weighted by molar-refractivity contribution is 4.86. The average Bonchev–Trinajstić information content (AvgIpc) is 2.76. The summed E-state index contributed by atoms with van der Waals surface area (Å²) in [7, 11) is 0. The van der Waals surface area contributed by atoms with Gasteiger partial charge in [0, 0.05) is 25.3 Å². The van der Waals surface area contributed by atoms with Gasteiger partial charge in [0.05, 0.1) is 6.61 Å². The maximum absolute atomic E-state index is 9.14. The molecular formula is C10H19NO2. The number of rotatable bonds is 3. The number of nitrogens with one attached hydrogen (secondary N) is 1. The fourth-order valence-electron chi connectivity index (χ4n) is 2.44. The monoisotopic (exact) mass is 185 g/mol. The van der Waals surface area contributed by atoms with Crippen molar-refractivity contribution in [2.24, 2.45) is 5.92 Å². The summed E-state index contributed by atoms with van der Waals surface area (Å²) in [5.74, 6) is 0.487. The van der Waals surface area contributed by atoms with Crippen LogP contribution in [0.5, 0.6) is 0 Å². The maximum atomic E-state index is 9.14. The first-order chi connectivity index (χ1) is 6.40. The fourth-order valence-corrected chi connectivity index (χ4v) is 2.44. The molecule has 2 fully saturated rings. The predicted octanol–water partition coefficient (Wildman–Crippen LogP) is 0.526. The molecule has 2 rings (SSSR count). The summed E-state index contributed by atoms with van der Waals surface area (Å²) in [6.45, 7) is 2.09. The molecule has 0 aromatic heterocycles. The van der Waals surface area contributed by atoms with Crippen molar-refractivity contribution >= 4 is 0 Å². The molecule has 0 bridgehead atoms. The first-order valence-corrected chi connectivity index (χ1v) is 5.35. The minimum atomic E-state index is 0.339. The second-order valence-corrected chi connectivity index (χ2v) is 4.21. The van der Waals surface area contributed by atoms with Crippen LogP contribution in [0.1, 0.15) is 25.7 Å². The molecule has 0 amide bonds. The topological polar surface area (TPSA) is 41.5 Å². The van der Waals surface area contributed by atoms with Crippen molar-refractivity contribution in [1.29, 1.82) is 0 Å². The van der Waals surface area contributed by atoms with E-state index < -0.39 is 0 Å². The fraction of sp³-hybridized carbons (Fsp3) is 1.00. The Hall–Kier alpha value is -0.120. The van der Waals surface area contributed by atoms with Crippen LogP contribution in [0.25, 0.3) is 0 Å². The number of ether oxygens (including phenoxy) is 1. The van der Waals surface area contributed by atoms with Crippen LogP contribution in [0.2, 0.25) is 0 Å². The number of hydrogen-bond acceptors (Lipinski definition) is 3. The quantitative estimate of drug-likeness (QED) is 0.674. The third kappa shape index (κ3) is 2.22. The Bertz CT molecular complexity index is 157. The van der Waals surface area contributed by atoms with Gasteiger partial charge in [-0.3, -0.25) is 0 Å². The average molecular weight is 185 g/mol. The second-order valence-electron chi connectivity index (χ2n) is 4.21. The first kappa shape index (κ1) is 9.44. The van der Waals surface area contributed by atoms with Gasteiger partial charge in [-0.2, -0.15) is 0 Å². The Labute approximate surface area is 79.5 Å². The lowest BCUT2D eigenvalue weighted by Gasteiger charge is -2.22. The van der Waals surface area contributed by atoms with Crippen molar-refractivity contribution < 1.29 is 9.84 Å². The van der Waals surface area contributed by atoms with Crippen LogP contribution in [0, 0.1) is 5.92 Å². The van der Waals surface area contributed by atoms with Gasteiger partial charge in [0.15, 0.2) is 0 Å². The zero-order valence-corrected chi connectivity index (χ0v) is 8.04. The van der Waals surface area contributed by atoms with E-state index in [0.29, 0.717) is 24.6 Å². The van der Waals surface area contributed by atoms with E-state index in [0.717, 1.165) is 19.6 Å². The number of hydrogen-bond donors (Lipinski definition) is 2. The van der Waals surface area contributed by atoms with Crippen molar-refractivity contribution in [2.75, 3.05) is 19.8 Å². The van der Waals surface area contributed by atoms with Gasteiger partial charge in [-0.25, -0.2) is 0 Å². The highest BCUT2D eigenvalue weighted by atomic mass is 16.5. The molecule has 1 aliphatic carbocycles. The van der Waals surface area contributed by atoms with E-state index in [2.05, 4.69) is 5.32 Å². The summed E-state index contributed by atoms with van der Waals surface area (Å²) >= 11 is 0. The van der Waals surface area contributed by atoms with Gasteiger partial charge >= 0.3 is 0 Å². The molecule has 3 heteroatoms. The van der Waals surface area contributed by atoms with Gasteiger partial charge < -0.3 is 15.2 Å². The van der Waals surface area contributed by atoms with Gasteiger partial charge in [0.1, 0.15) is 0 Å². The van der Waals surface area contributed by atoms with Crippen molar-refractivity contribution in [1.82, 2.24) is 5.32 Å². The van der Waals surface area contributed by atoms with Crippen LogP contribution < -0.4 is 5.32 Å². The molecule has 1 aliphatic heterocycles. The lowest BCUT2D eigenvalue weighted by atomic mass is 10.0. The molecule has 2 aliphatic rings. The van der Waals surface area contributed by atoms with Crippen LogP contribution in [0.4, 0.5) is 0 Å². The summed E-state index contributed by atoms with van der Waals surface area (Å²) in [6, 6.07) is 1.08. The Balaban J connectivity index is 1.79. The smallest absolute Gasteiger partial charge is 0.0620 e. The molecule has 3 nitrogen and oxygen atoms in total. The summed E-state index contributed by atoms with van der Waals surface area (Å²) in [6.07, 6.45) is 4.80. The van der Waals surface area contributed by atoms with E-state index in [-0.39, 0.29) is 0 Å². The number of aliphatic hydroxyl groups excluding tert-OH is 1. The van der Waals surface area contributed by atoms with Gasteiger partial charge in [0.2, 0.25) is 0 Å². The van der Waals surface area contributed by atoms with Crippen LogP contribution in [0.15, 0.2) is 0 Å². The van der Waals surface area contributed by atoms with E-state index in [1.54, 1.807) is 0 Å². The minimum absolute atomic E-state index is 0.339. The Morgan fingerprint density at radius 2 is 2.23 bits per heavy atom. The van der Waals surface area contributed by atoms with Crippen LogP contribution in [-0.4, -0.2) is 37.0 Å². The molecule has 13 heavy (non-hydrogen) atoms. The second kappa shape index (κ2) is 4.40. The summed E-state index contributed by atoms with van der Waals surface area (Å²) in [4.78, 5) is 0. The van der Waals surface area contributed by atoms with Gasteiger partial charge in [0.25, 0.3) is 0 Å². The molecule has 2 N–H and O–H groups in total. The SMILES string of the molecule is OCC1CCCC1NC1CCOC1. The standard InChI is InChI=1S/C10H19NO2/c12-6-8-2-1-3-10(8)11-9-4-5-13-7-9/h8-12H,1-7H2. The maximum Gasteiger partial charge on any atom is 0.0620 e. The van der Waals surface area contributed by atoms with Gasteiger partial charge in [-0.1, -0.05) is 6.42 Å². The molecule has 0 radical (unpaired) electrons. The van der Waals surface area contributed by atoms with E-state index >= 15 is 0 Å². The third-order valence-corrected chi connectivity index (χ3v) is 3.27.